The summed E-state index contributed by atoms with van der Waals surface area (Å²) in [4.78, 5) is 33.1. The number of amidine groups is 1. The summed E-state index contributed by atoms with van der Waals surface area (Å²) in [5.74, 6) is 0.0957. The molecule has 2 heterocycles. The summed E-state index contributed by atoms with van der Waals surface area (Å²) in [6, 6.07) is -0.312. The van der Waals surface area contributed by atoms with Gasteiger partial charge in [0.15, 0.2) is 0 Å². The van der Waals surface area contributed by atoms with Crippen LogP contribution in [0.3, 0.4) is 0 Å². The van der Waals surface area contributed by atoms with Gasteiger partial charge >= 0.3 is 6.03 Å². The van der Waals surface area contributed by atoms with E-state index in [-0.39, 0.29) is 17.9 Å². The Kier molecular flexibility index (Phi) is 4.16. The Labute approximate surface area is 112 Å². The van der Waals surface area contributed by atoms with Crippen molar-refractivity contribution < 1.29 is 14.3 Å². The quantitative estimate of drug-likeness (QED) is 0.664. The van der Waals surface area contributed by atoms with E-state index in [0.717, 1.165) is 13.0 Å². The number of methoxy groups -OCH3 is 1. The highest BCUT2D eigenvalue weighted by atomic mass is 16.5. The molecule has 0 aromatic heterocycles. The average molecular weight is 268 g/mol. The van der Waals surface area contributed by atoms with Crippen molar-refractivity contribution in [3.8, 4) is 0 Å². The van der Waals surface area contributed by atoms with Crippen LogP contribution in [0.5, 0.6) is 0 Å². The molecule has 0 saturated carbocycles. The number of nitrogens with zero attached hydrogens (tertiary/aromatic N) is 4. The third-order valence-corrected chi connectivity index (χ3v) is 3.55. The number of carbonyl (C=O) groups excluding carboxylic acids is 2. The van der Waals surface area contributed by atoms with Gasteiger partial charge in [-0.05, 0) is 6.42 Å². The highest BCUT2D eigenvalue weighted by Crippen LogP contribution is 2.21. The maximum Gasteiger partial charge on any atom is 0.331 e. The molecule has 7 nitrogen and oxygen atoms in total. The van der Waals surface area contributed by atoms with Crippen molar-refractivity contribution in [2.45, 2.75) is 6.42 Å². The highest BCUT2D eigenvalue weighted by Gasteiger charge is 2.42. The molecule has 19 heavy (non-hydrogen) atoms. The van der Waals surface area contributed by atoms with Crippen molar-refractivity contribution in [1.29, 1.82) is 0 Å². The predicted molar refractivity (Wildman–Crippen MR) is 69.8 cm³/mol. The predicted octanol–water partition coefficient (Wildman–Crippen LogP) is -0.165. The van der Waals surface area contributed by atoms with E-state index in [1.54, 1.807) is 14.2 Å². The Morgan fingerprint density at radius 2 is 2.05 bits per heavy atom. The first kappa shape index (κ1) is 14.0. The molecule has 0 bridgehead atoms. The van der Waals surface area contributed by atoms with Crippen LogP contribution >= 0.6 is 0 Å². The number of rotatable bonds is 4. The van der Waals surface area contributed by atoms with E-state index >= 15 is 0 Å². The minimum atomic E-state index is -0.330. The Hall–Kier alpha value is -1.47. The molecule has 0 spiro atoms. The van der Waals surface area contributed by atoms with Crippen molar-refractivity contribution in [1.82, 2.24) is 14.7 Å². The van der Waals surface area contributed by atoms with E-state index in [1.807, 2.05) is 0 Å². The van der Waals surface area contributed by atoms with E-state index in [0.29, 0.717) is 25.7 Å². The summed E-state index contributed by atoms with van der Waals surface area (Å²) in [6.07, 6.45) is 0.910. The number of aliphatic imine (C=N–C) groups is 1. The molecule has 2 rings (SSSR count). The molecule has 2 aliphatic heterocycles. The van der Waals surface area contributed by atoms with Gasteiger partial charge in [0, 0.05) is 40.9 Å². The highest BCUT2D eigenvalue weighted by molar-refractivity contribution is 6.17. The fraction of sp³-hybridized carbons (Fsp3) is 0.750. The maximum atomic E-state index is 12.1. The first-order chi connectivity index (χ1) is 9.06. The molecule has 0 aliphatic carbocycles. The van der Waals surface area contributed by atoms with Gasteiger partial charge in [-0.2, -0.15) is 0 Å². The number of hydrogen-bond donors (Lipinski definition) is 0. The van der Waals surface area contributed by atoms with Crippen molar-refractivity contribution in [3.63, 3.8) is 0 Å². The first-order valence-electron chi connectivity index (χ1n) is 6.37. The second-order valence-electron chi connectivity index (χ2n) is 4.87. The van der Waals surface area contributed by atoms with Crippen molar-refractivity contribution in [3.05, 3.63) is 0 Å². The molecule has 0 aromatic carbocycles. The summed E-state index contributed by atoms with van der Waals surface area (Å²) in [7, 11) is 4.85. The number of fused-ring (bicyclic) bond motifs is 1. The van der Waals surface area contributed by atoms with Gasteiger partial charge in [-0.25, -0.2) is 4.79 Å². The second kappa shape index (κ2) is 5.66. The fourth-order valence-electron chi connectivity index (χ4n) is 2.45. The van der Waals surface area contributed by atoms with E-state index in [4.69, 9.17) is 4.74 Å². The smallest absolute Gasteiger partial charge is 0.331 e. The molecular formula is C12H20N4O3. The Morgan fingerprint density at radius 1 is 1.32 bits per heavy atom. The molecule has 7 heteroatoms. The molecule has 0 aromatic rings. The van der Waals surface area contributed by atoms with Crippen molar-refractivity contribution in [2.75, 3.05) is 47.6 Å². The second-order valence-corrected chi connectivity index (χ2v) is 4.87. The van der Waals surface area contributed by atoms with Crippen LogP contribution in [0.4, 0.5) is 4.79 Å². The zero-order valence-corrected chi connectivity index (χ0v) is 11.6. The molecule has 1 unspecified atom stereocenters. The van der Waals surface area contributed by atoms with Gasteiger partial charge in [0.2, 0.25) is 5.91 Å². The van der Waals surface area contributed by atoms with Gasteiger partial charge in [-0.1, -0.05) is 0 Å². The van der Waals surface area contributed by atoms with Gasteiger partial charge in [-0.3, -0.25) is 24.5 Å². The van der Waals surface area contributed by atoms with E-state index < -0.39 is 0 Å². The van der Waals surface area contributed by atoms with Gasteiger partial charge in [0.05, 0.1) is 6.67 Å². The lowest BCUT2D eigenvalue weighted by molar-refractivity contribution is -0.131. The largest absolute Gasteiger partial charge is 0.385 e. The van der Waals surface area contributed by atoms with Gasteiger partial charge < -0.3 is 4.74 Å². The van der Waals surface area contributed by atoms with Crippen LogP contribution in [0.2, 0.25) is 0 Å². The summed E-state index contributed by atoms with van der Waals surface area (Å²) in [6.45, 7) is 2.69. The summed E-state index contributed by atoms with van der Waals surface area (Å²) in [5, 5.41) is 0. The third-order valence-electron chi connectivity index (χ3n) is 3.55. The van der Waals surface area contributed by atoms with Crippen LogP contribution in [0.1, 0.15) is 6.42 Å². The Balaban J connectivity index is 2.07. The number of urea groups is 1. The topological polar surface area (TPSA) is 65.5 Å². The van der Waals surface area contributed by atoms with Crippen LogP contribution in [0.15, 0.2) is 4.99 Å². The maximum absolute atomic E-state index is 12.1. The third kappa shape index (κ3) is 2.62. The molecule has 0 radical (unpaired) electrons. The molecule has 2 aliphatic rings. The monoisotopic (exact) mass is 268 g/mol. The lowest BCUT2D eigenvalue weighted by Gasteiger charge is -2.40. The number of ether oxygens (including phenoxy) is 1. The molecule has 0 N–H and O–H groups in total. The molecular weight excluding hydrogens is 248 g/mol. The summed E-state index contributed by atoms with van der Waals surface area (Å²) >= 11 is 0. The zero-order chi connectivity index (χ0) is 14.0. The zero-order valence-electron chi connectivity index (χ0n) is 11.6. The first-order valence-corrected chi connectivity index (χ1v) is 6.37. The van der Waals surface area contributed by atoms with Gasteiger partial charge in [0.1, 0.15) is 11.8 Å². The molecule has 1 atom stereocenters. The molecule has 1 fully saturated rings. The van der Waals surface area contributed by atoms with Crippen molar-refractivity contribution >= 4 is 17.8 Å². The Morgan fingerprint density at radius 3 is 2.74 bits per heavy atom. The SMILES string of the molecule is COCCCN1CN=C2C(C1)C(=O)N(C)C(=O)N2C. The number of carbonyl (C=O) groups is 2. The van der Waals surface area contributed by atoms with Crippen LogP contribution in [-0.2, 0) is 9.53 Å². The normalized spacial score (nSPS) is 24.6. The number of amides is 3. The minimum Gasteiger partial charge on any atom is -0.385 e. The number of imide groups is 1. The lowest BCUT2D eigenvalue weighted by Crippen LogP contribution is -2.61. The fourth-order valence-corrected chi connectivity index (χ4v) is 2.45. The van der Waals surface area contributed by atoms with Gasteiger partial charge in [-0.15, -0.1) is 0 Å². The minimum absolute atomic E-state index is 0.168. The average Bonchev–Trinajstić information content (AvgIpc) is 2.43. The van der Waals surface area contributed by atoms with Crippen LogP contribution in [0, 0.1) is 5.92 Å². The van der Waals surface area contributed by atoms with Crippen LogP contribution in [-0.4, -0.2) is 80.0 Å². The summed E-state index contributed by atoms with van der Waals surface area (Å²) in [5.41, 5.74) is 0. The molecule has 1 saturated heterocycles. The van der Waals surface area contributed by atoms with Crippen LogP contribution in [0.25, 0.3) is 0 Å². The van der Waals surface area contributed by atoms with Crippen LogP contribution < -0.4 is 0 Å². The lowest BCUT2D eigenvalue weighted by atomic mass is 10.0. The summed E-state index contributed by atoms with van der Waals surface area (Å²) < 4.78 is 5.02. The molecule has 3 amide bonds. The van der Waals surface area contributed by atoms with Gasteiger partial charge in [0.25, 0.3) is 0 Å². The molecule has 106 valence electrons. The van der Waals surface area contributed by atoms with E-state index in [9.17, 15) is 9.59 Å². The number of hydrogen-bond acceptors (Lipinski definition) is 5. The Bertz CT molecular complexity index is 410. The van der Waals surface area contributed by atoms with E-state index in [1.165, 1.54) is 16.8 Å². The van der Waals surface area contributed by atoms with Crippen molar-refractivity contribution in [2.24, 2.45) is 10.9 Å². The van der Waals surface area contributed by atoms with E-state index in [2.05, 4.69) is 9.89 Å². The standard InChI is InChI=1S/C12H20N4O3/c1-14-10-9(11(17)15(2)12(14)18)7-16(8-13-10)5-4-6-19-3/h9H,4-8H2,1-3H3.